The minimum absolute atomic E-state index is 0.159. The van der Waals surface area contributed by atoms with Crippen molar-refractivity contribution in [3.8, 4) is 11.6 Å². The second-order valence-electron chi connectivity index (χ2n) is 3.67. The number of ether oxygens (including phenoxy) is 1. The van der Waals surface area contributed by atoms with Crippen LogP contribution in [0.25, 0.3) is 0 Å². The molecule has 0 saturated carbocycles. The van der Waals surface area contributed by atoms with Crippen LogP contribution in [0.15, 0.2) is 36.5 Å². The molecular formula is C13H11ClFNO. The zero-order valence-electron chi connectivity index (χ0n) is 9.28. The van der Waals surface area contributed by atoms with E-state index >= 15 is 0 Å². The van der Waals surface area contributed by atoms with Gasteiger partial charge in [0.25, 0.3) is 0 Å². The maximum atomic E-state index is 12.9. The lowest BCUT2D eigenvalue weighted by molar-refractivity contribution is 0.454. The summed E-state index contributed by atoms with van der Waals surface area (Å²) >= 11 is 5.71. The average Bonchev–Trinajstić information content (AvgIpc) is 2.34. The first-order valence-corrected chi connectivity index (χ1v) is 5.67. The summed E-state index contributed by atoms with van der Waals surface area (Å²) in [6.45, 7) is 1.99. The summed E-state index contributed by atoms with van der Waals surface area (Å²) < 4.78 is 18.5. The lowest BCUT2D eigenvalue weighted by Crippen LogP contribution is -1.94. The first kappa shape index (κ1) is 11.9. The van der Waals surface area contributed by atoms with Crippen LogP contribution in [0, 0.1) is 12.7 Å². The Bertz CT molecular complexity index is 513. The van der Waals surface area contributed by atoms with Gasteiger partial charge < -0.3 is 4.74 Å². The Morgan fingerprint density at radius 2 is 2.00 bits per heavy atom. The molecule has 0 amide bonds. The number of alkyl halides is 1. The van der Waals surface area contributed by atoms with Gasteiger partial charge in [-0.1, -0.05) is 17.7 Å². The van der Waals surface area contributed by atoms with Crippen LogP contribution in [0.4, 0.5) is 4.39 Å². The molecule has 1 aromatic carbocycles. The predicted octanol–water partition coefficient (Wildman–Crippen LogP) is 4.06. The third-order valence-electron chi connectivity index (χ3n) is 2.27. The second-order valence-corrected chi connectivity index (χ2v) is 3.93. The molecule has 88 valence electrons. The molecule has 0 radical (unpaired) electrons. The van der Waals surface area contributed by atoms with Crippen molar-refractivity contribution in [3.63, 3.8) is 0 Å². The number of aryl methyl sites for hydroxylation is 1. The predicted molar refractivity (Wildman–Crippen MR) is 65.0 cm³/mol. The van der Waals surface area contributed by atoms with E-state index in [1.807, 2.05) is 31.2 Å². The summed E-state index contributed by atoms with van der Waals surface area (Å²) in [5.74, 6) is 0.731. The van der Waals surface area contributed by atoms with Gasteiger partial charge in [0, 0.05) is 5.56 Å². The number of aromatic nitrogens is 1. The number of hydrogen-bond donors (Lipinski definition) is 0. The Hall–Kier alpha value is -1.61. The van der Waals surface area contributed by atoms with Crippen LogP contribution < -0.4 is 4.74 Å². The van der Waals surface area contributed by atoms with Crippen molar-refractivity contribution >= 4 is 11.6 Å². The van der Waals surface area contributed by atoms with Crippen LogP contribution in [-0.4, -0.2) is 4.98 Å². The van der Waals surface area contributed by atoms with Gasteiger partial charge in [0.1, 0.15) is 11.6 Å². The van der Waals surface area contributed by atoms with E-state index in [0.29, 0.717) is 17.2 Å². The highest BCUT2D eigenvalue weighted by Gasteiger charge is 2.07. The molecule has 0 atom stereocenters. The number of halogens is 2. The molecule has 0 spiro atoms. The number of benzene rings is 1. The quantitative estimate of drug-likeness (QED) is 0.768. The molecule has 0 saturated heterocycles. The zero-order valence-corrected chi connectivity index (χ0v) is 10.0. The largest absolute Gasteiger partial charge is 0.439 e. The molecule has 0 bridgehead atoms. The Balaban J connectivity index is 2.26. The maximum Gasteiger partial charge on any atom is 0.223 e. The van der Waals surface area contributed by atoms with Crippen molar-refractivity contribution in [1.82, 2.24) is 4.98 Å². The average molecular weight is 252 g/mol. The highest BCUT2D eigenvalue weighted by molar-refractivity contribution is 6.17. The molecule has 1 heterocycles. The van der Waals surface area contributed by atoms with Crippen LogP contribution in [-0.2, 0) is 5.88 Å². The van der Waals surface area contributed by atoms with E-state index in [4.69, 9.17) is 16.3 Å². The fourth-order valence-electron chi connectivity index (χ4n) is 1.37. The summed E-state index contributed by atoms with van der Waals surface area (Å²) in [4.78, 5) is 3.89. The van der Waals surface area contributed by atoms with E-state index in [0.717, 1.165) is 11.8 Å². The Labute approximate surface area is 104 Å². The summed E-state index contributed by atoms with van der Waals surface area (Å²) in [6, 6.07) is 8.85. The van der Waals surface area contributed by atoms with Gasteiger partial charge in [0.15, 0.2) is 0 Å². The number of hydrogen-bond acceptors (Lipinski definition) is 2. The molecule has 4 heteroatoms. The van der Waals surface area contributed by atoms with Gasteiger partial charge in [-0.3, -0.25) is 0 Å². The number of nitrogens with zero attached hydrogens (tertiary/aromatic N) is 1. The Morgan fingerprint density at radius 1 is 1.29 bits per heavy atom. The second kappa shape index (κ2) is 5.15. The lowest BCUT2D eigenvalue weighted by Gasteiger charge is -2.08. The molecule has 0 fully saturated rings. The summed E-state index contributed by atoms with van der Waals surface area (Å²) in [5, 5.41) is 0. The van der Waals surface area contributed by atoms with Crippen molar-refractivity contribution in [3.05, 3.63) is 53.5 Å². The summed E-state index contributed by atoms with van der Waals surface area (Å²) in [5.41, 5.74) is 1.68. The van der Waals surface area contributed by atoms with Crippen molar-refractivity contribution in [2.75, 3.05) is 0 Å². The molecule has 2 aromatic rings. The summed E-state index contributed by atoms with van der Waals surface area (Å²) in [6.07, 6.45) is 1.11. The van der Waals surface area contributed by atoms with Crippen LogP contribution in [0.1, 0.15) is 11.1 Å². The Kier molecular flexibility index (Phi) is 3.59. The van der Waals surface area contributed by atoms with Gasteiger partial charge >= 0.3 is 0 Å². The van der Waals surface area contributed by atoms with Crippen molar-refractivity contribution in [1.29, 1.82) is 0 Å². The smallest absolute Gasteiger partial charge is 0.223 e. The molecule has 0 aliphatic carbocycles. The number of rotatable bonds is 3. The molecular weight excluding hydrogens is 241 g/mol. The minimum Gasteiger partial charge on any atom is -0.439 e. The molecule has 17 heavy (non-hydrogen) atoms. The van der Waals surface area contributed by atoms with E-state index in [2.05, 4.69) is 4.98 Å². The standard InChI is InChI=1S/C13H11ClFNO/c1-9-2-4-12(5-3-9)17-13-10(7-14)6-11(15)8-16-13/h2-6,8H,7H2,1H3. The summed E-state index contributed by atoms with van der Waals surface area (Å²) in [7, 11) is 0. The minimum atomic E-state index is -0.420. The third kappa shape index (κ3) is 2.94. The van der Waals surface area contributed by atoms with Crippen LogP contribution >= 0.6 is 11.6 Å². The molecule has 1 aromatic heterocycles. The molecule has 2 nitrogen and oxygen atoms in total. The van der Waals surface area contributed by atoms with Gasteiger partial charge in [0.05, 0.1) is 12.1 Å². The van der Waals surface area contributed by atoms with E-state index in [1.54, 1.807) is 0 Å². The number of pyridine rings is 1. The Morgan fingerprint density at radius 3 is 2.65 bits per heavy atom. The first-order chi connectivity index (χ1) is 8.19. The lowest BCUT2D eigenvalue weighted by atomic mass is 10.2. The molecule has 0 aliphatic heterocycles. The van der Waals surface area contributed by atoms with E-state index in [9.17, 15) is 4.39 Å². The van der Waals surface area contributed by atoms with Gasteiger partial charge in [-0.15, -0.1) is 11.6 Å². The van der Waals surface area contributed by atoms with Crippen molar-refractivity contribution in [2.24, 2.45) is 0 Å². The highest BCUT2D eigenvalue weighted by Crippen LogP contribution is 2.24. The highest BCUT2D eigenvalue weighted by atomic mass is 35.5. The topological polar surface area (TPSA) is 22.1 Å². The molecule has 0 unspecified atom stereocenters. The van der Waals surface area contributed by atoms with Gasteiger partial charge in [-0.05, 0) is 25.1 Å². The fourth-order valence-corrected chi connectivity index (χ4v) is 1.57. The van der Waals surface area contributed by atoms with E-state index in [-0.39, 0.29) is 5.88 Å². The van der Waals surface area contributed by atoms with Crippen LogP contribution in [0.2, 0.25) is 0 Å². The molecule has 0 N–H and O–H groups in total. The van der Waals surface area contributed by atoms with E-state index < -0.39 is 5.82 Å². The molecule has 0 aliphatic rings. The fraction of sp³-hybridized carbons (Fsp3) is 0.154. The van der Waals surface area contributed by atoms with Gasteiger partial charge in [-0.2, -0.15) is 0 Å². The van der Waals surface area contributed by atoms with Crippen LogP contribution in [0.3, 0.4) is 0 Å². The van der Waals surface area contributed by atoms with Gasteiger partial charge in [-0.25, -0.2) is 9.37 Å². The van der Waals surface area contributed by atoms with Crippen LogP contribution in [0.5, 0.6) is 11.6 Å². The van der Waals surface area contributed by atoms with Crippen molar-refractivity contribution in [2.45, 2.75) is 12.8 Å². The monoisotopic (exact) mass is 251 g/mol. The van der Waals surface area contributed by atoms with E-state index in [1.165, 1.54) is 6.07 Å². The SMILES string of the molecule is Cc1ccc(Oc2ncc(F)cc2CCl)cc1. The first-order valence-electron chi connectivity index (χ1n) is 5.14. The third-order valence-corrected chi connectivity index (χ3v) is 2.56. The van der Waals surface area contributed by atoms with Gasteiger partial charge in [0.2, 0.25) is 5.88 Å². The molecule has 2 rings (SSSR count). The zero-order chi connectivity index (χ0) is 12.3. The van der Waals surface area contributed by atoms with Crippen molar-refractivity contribution < 1.29 is 9.13 Å². The normalized spacial score (nSPS) is 10.3. The maximum absolute atomic E-state index is 12.9.